The summed E-state index contributed by atoms with van der Waals surface area (Å²) in [6.45, 7) is 1.20. The van der Waals surface area contributed by atoms with Crippen LogP contribution in [0.25, 0.3) is 5.69 Å². The van der Waals surface area contributed by atoms with Crippen molar-refractivity contribution in [3.63, 3.8) is 0 Å². The molecule has 2 aromatic carbocycles. The molecular weight excluding hydrogens is 382 g/mol. The molecule has 30 heavy (non-hydrogen) atoms. The highest BCUT2D eigenvalue weighted by atomic mass is 16.4. The lowest BCUT2D eigenvalue weighted by molar-refractivity contribution is -0.143. The number of aliphatic carboxylic acids is 1. The number of Topliss-reactive ketones (excluding diaryl/α,β-unsaturated/α-hetero) is 1. The lowest BCUT2D eigenvalue weighted by atomic mass is 9.91. The summed E-state index contributed by atoms with van der Waals surface area (Å²) in [5.74, 6) is -1.04. The van der Waals surface area contributed by atoms with E-state index in [1.165, 1.54) is 11.0 Å². The van der Waals surface area contributed by atoms with Gasteiger partial charge in [0.05, 0.1) is 17.6 Å². The molecule has 1 atom stereocenters. The summed E-state index contributed by atoms with van der Waals surface area (Å²) in [4.78, 5) is 26.9. The van der Waals surface area contributed by atoms with Crippen LogP contribution in [-0.2, 0) is 11.2 Å². The predicted molar refractivity (Wildman–Crippen MR) is 109 cm³/mol. The molecule has 1 aliphatic rings. The number of ketones is 1. The van der Waals surface area contributed by atoms with Gasteiger partial charge in [0.2, 0.25) is 0 Å². The minimum absolute atomic E-state index is 0.0379. The van der Waals surface area contributed by atoms with Crippen molar-refractivity contribution in [2.75, 3.05) is 13.1 Å². The van der Waals surface area contributed by atoms with Crippen LogP contribution in [0, 0.1) is 5.92 Å². The highest BCUT2D eigenvalue weighted by molar-refractivity contribution is 6.00. The molecule has 0 aliphatic carbocycles. The molecule has 0 bridgehead atoms. The first kappa shape index (κ1) is 19.9. The number of tetrazole rings is 1. The number of hydrogen-bond donors (Lipinski definition) is 1. The first-order valence-electron chi connectivity index (χ1n) is 10.0. The number of hydrogen-bond acceptors (Lipinski definition) is 6. The van der Waals surface area contributed by atoms with Crippen molar-refractivity contribution in [1.82, 2.24) is 25.1 Å². The molecule has 1 aromatic heterocycles. The molecule has 0 radical (unpaired) electrons. The van der Waals surface area contributed by atoms with Gasteiger partial charge in [0, 0.05) is 5.56 Å². The zero-order valence-electron chi connectivity index (χ0n) is 16.5. The zero-order valence-corrected chi connectivity index (χ0v) is 16.5. The van der Waals surface area contributed by atoms with Gasteiger partial charge in [-0.05, 0) is 72.6 Å². The average molecular weight is 405 g/mol. The Morgan fingerprint density at radius 1 is 1.03 bits per heavy atom. The SMILES string of the molecule is O=C(O)C1CCN(C(Cc2ccccc2)C(=O)c2ccc(-n3cnnn3)cc2)CC1. The number of aromatic nitrogens is 4. The molecule has 3 aromatic rings. The molecule has 1 unspecified atom stereocenters. The van der Waals surface area contributed by atoms with Crippen LogP contribution in [-0.4, -0.2) is 61.1 Å². The highest BCUT2D eigenvalue weighted by Crippen LogP contribution is 2.23. The number of carbonyl (C=O) groups excluding carboxylic acids is 1. The Kier molecular flexibility index (Phi) is 5.94. The first-order valence-corrected chi connectivity index (χ1v) is 10.0. The van der Waals surface area contributed by atoms with E-state index in [0.29, 0.717) is 37.9 Å². The topological polar surface area (TPSA) is 101 Å². The van der Waals surface area contributed by atoms with E-state index in [1.54, 1.807) is 12.1 Å². The minimum Gasteiger partial charge on any atom is -0.481 e. The number of benzene rings is 2. The largest absolute Gasteiger partial charge is 0.481 e. The van der Waals surface area contributed by atoms with E-state index in [4.69, 9.17) is 0 Å². The minimum atomic E-state index is -0.751. The van der Waals surface area contributed by atoms with E-state index in [0.717, 1.165) is 11.3 Å². The number of piperidine rings is 1. The maximum Gasteiger partial charge on any atom is 0.306 e. The van der Waals surface area contributed by atoms with E-state index < -0.39 is 5.97 Å². The van der Waals surface area contributed by atoms with Gasteiger partial charge < -0.3 is 5.11 Å². The molecule has 1 N–H and O–H groups in total. The van der Waals surface area contributed by atoms with Gasteiger partial charge in [0.15, 0.2) is 5.78 Å². The second kappa shape index (κ2) is 8.96. The average Bonchev–Trinajstić information content (AvgIpc) is 3.33. The molecule has 0 saturated carbocycles. The van der Waals surface area contributed by atoms with Crippen LogP contribution in [0.15, 0.2) is 60.9 Å². The van der Waals surface area contributed by atoms with Gasteiger partial charge in [0.1, 0.15) is 6.33 Å². The number of carbonyl (C=O) groups is 2. The molecule has 8 nitrogen and oxygen atoms in total. The van der Waals surface area contributed by atoms with Gasteiger partial charge in [-0.15, -0.1) is 5.10 Å². The summed E-state index contributed by atoms with van der Waals surface area (Å²) < 4.78 is 1.53. The quantitative estimate of drug-likeness (QED) is 0.602. The molecule has 0 amide bonds. The van der Waals surface area contributed by atoms with E-state index >= 15 is 0 Å². The van der Waals surface area contributed by atoms with E-state index in [-0.39, 0.29) is 17.7 Å². The second-order valence-corrected chi connectivity index (χ2v) is 7.52. The molecule has 0 spiro atoms. The summed E-state index contributed by atoms with van der Waals surface area (Å²) in [5, 5.41) is 20.4. The standard InChI is InChI=1S/C22H23N5O3/c28-21(17-6-8-19(9-7-17)27-15-23-24-25-27)20(14-16-4-2-1-3-5-16)26-12-10-18(11-13-26)22(29)30/h1-9,15,18,20H,10-14H2,(H,29,30). The zero-order chi connectivity index (χ0) is 20.9. The molecule has 1 saturated heterocycles. The van der Waals surface area contributed by atoms with Gasteiger partial charge in [-0.3, -0.25) is 14.5 Å². The summed E-state index contributed by atoms with van der Waals surface area (Å²) in [7, 11) is 0. The van der Waals surface area contributed by atoms with Gasteiger partial charge in [-0.2, -0.15) is 0 Å². The summed E-state index contributed by atoms with van der Waals surface area (Å²) in [5.41, 5.74) is 2.48. The molecule has 8 heteroatoms. The van der Waals surface area contributed by atoms with Gasteiger partial charge >= 0.3 is 5.97 Å². The van der Waals surface area contributed by atoms with Crippen molar-refractivity contribution < 1.29 is 14.7 Å². The van der Waals surface area contributed by atoms with Crippen LogP contribution in [0.4, 0.5) is 0 Å². The monoisotopic (exact) mass is 405 g/mol. The van der Waals surface area contributed by atoms with Crippen LogP contribution < -0.4 is 0 Å². The Hall–Kier alpha value is -3.39. The van der Waals surface area contributed by atoms with Gasteiger partial charge in [0.25, 0.3) is 0 Å². The third-order valence-corrected chi connectivity index (χ3v) is 5.66. The number of nitrogens with zero attached hydrogens (tertiary/aromatic N) is 5. The van der Waals surface area contributed by atoms with E-state index in [9.17, 15) is 14.7 Å². The third kappa shape index (κ3) is 4.44. The molecule has 1 aliphatic heterocycles. The predicted octanol–water partition coefficient (Wildman–Crippen LogP) is 2.25. The number of rotatable bonds is 7. The second-order valence-electron chi connectivity index (χ2n) is 7.52. The normalized spacial score (nSPS) is 16.3. The van der Waals surface area contributed by atoms with Gasteiger partial charge in [-0.25, -0.2) is 4.68 Å². The maximum atomic E-state index is 13.5. The van der Waals surface area contributed by atoms with Crippen LogP contribution in [0.5, 0.6) is 0 Å². The Balaban J connectivity index is 1.55. The molecule has 154 valence electrons. The fraction of sp³-hybridized carbons (Fsp3) is 0.318. The van der Waals surface area contributed by atoms with Crippen molar-refractivity contribution in [2.45, 2.75) is 25.3 Å². The Morgan fingerprint density at radius 3 is 2.33 bits per heavy atom. The lowest BCUT2D eigenvalue weighted by Gasteiger charge is -2.36. The third-order valence-electron chi connectivity index (χ3n) is 5.66. The lowest BCUT2D eigenvalue weighted by Crippen LogP contribution is -2.47. The fourth-order valence-electron chi connectivity index (χ4n) is 3.93. The Bertz CT molecular complexity index is 981. The fourth-order valence-corrected chi connectivity index (χ4v) is 3.93. The maximum absolute atomic E-state index is 13.5. The van der Waals surface area contributed by atoms with Crippen molar-refractivity contribution in [2.24, 2.45) is 5.92 Å². The number of likely N-dealkylation sites (tertiary alicyclic amines) is 1. The molecule has 2 heterocycles. The van der Waals surface area contributed by atoms with Crippen molar-refractivity contribution in [3.8, 4) is 5.69 Å². The van der Waals surface area contributed by atoms with Crippen LogP contribution in [0.3, 0.4) is 0 Å². The van der Waals surface area contributed by atoms with E-state index in [1.807, 2.05) is 42.5 Å². The van der Waals surface area contributed by atoms with E-state index in [2.05, 4.69) is 20.4 Å². The van der Waals surface area contributed by atoms with Crippen molar-refractivity contribution >= 4 is 11.8 Å². The Morgan fingerprint density at radius 2 is 1.73 bits per heavy atom. The highest BCUT2D eigenvalue weighted by Gasteiger charge is 2.32. The van der Waals surface area contributed by atoms with Gasteiger partial charge in [-0.1, -0.05) is 30.3 Å². The van der Waals surface area contributed by atoms with Crippen LogP contribution in [0.1, 0.15) is 28.8 Å². The molecule has 4 rings (SSSR count). The number of carboxylic acid groups (broad SMARTS) is 1. The summed E-state index contributed by atoms with van der Waals surface area (Å²) in [6, 6.07) is 16.8. The smallest absolute Gasteiger partial charge is 0.306 e. The Labute approximate surface area is 174 Å². The summed E-state index contributed by atoms with van der Waals surface area (Å²) >= 11 is 0. The first-order chi connectivity index (χ1) is 14.6. The molecule has 1 fully saturated rings. The van der Waals surface area contributed by atoms with Crippen LogP contribution in [0.2, 0.25) is 0 Å². The van der Waals surface area contributed by atoms with Crippen molar-refractivity contribution in [1.29, 1.82) is 0 Å². The molecular formula is C22H23N5O3. The van der Waals surface area contributed by atoms with Crippen molar-refractivity contribution in [3.05, 3.63) is 72.1 Å². The summed E-state index contributed by atoms with van der Waals surface area (Å²) in [6.07, 6.45) is 3.21. The number of carboxylic acids is 1. The van der Waals surface area contributed by atoms with Crippen LogP contribution >= 0.6 is 0 Å².